The summed E-state index contributed by atoms with van der Waals surface area (Å²) in [7, 11) is 1.61. The standard InChI is InChI=1S/C14H17N3O3.C13H19N3O2.2ClH/c1-16-11(13(18)17-8-2-3-9-17)12(20-14(16)19)10-4-6-15-7-5-10;1-9(10-5-4-6-15-12(10)17)11(14)13(18)16-7-2-3-8-16;;/h4-7,11-12H,2-3,8-9H2,1H3;4-6,9,11H,2-3,7-8,14H2,1H3,(H,15,17);2*1H/t11-,12+;9-,11+;;/m10../s1. The van der Waals surface area contributed by atoms with Gasteiger partial charge in [-0.05, 0) is 49.4 Å². The average Bonchev–Trinajstić information content (AvgIpc) is 3.71. The van der Waals surface area contributed by atoms with Crippen LogP contribution in [0.3, 0.4) is 0 Å². The van der Waals surface area contributed by atoms with Gasteiger partial charge in [-0.25, -0.2) is 4.79 Å². The van der Waals surface area contributed by atoms with Crippen LogP contribution in [0.4, 0.5) is 4.79 Å². The maximum absolute atomic E-state index is 12.6. The van der Waals surface area contributed by atoms with Crippen LogP contribution in [0.15, 0.2) is 47.7 Å². The summed E-state index contributed by atoms with van der Waals surface area (Å²) >= 11 is 0. The molecular weight excluding hydrogens is 559 g/mol. The van der Waals surface area contributed by atoms with Gasteiger partial charge in [-0.1, -0.05) is 13.0 Å². The van der Waals surface area contributed by atoms with Gasteiger partial charge in [0.2, 0.25) is 11.8 Å². The monoisotopic (exact) mass is 596 g/mol. The summed E-state index contributed by atoms with van der Waals surface area (Å²) in [5.41, 5.74) is 7.19. The van der Waals surface area contributed by atoms with E-state index in [0.29, 0.717) is 5.56 Å². The van der Waals surface area contributed by atoms with E-state index < -0.39 is 24.3 Å². The van der Waals surface area contributed by atoms with E-state index in [1.54, 1.807) is 54.8 Å². The summed E-state index contributed by atoms with van der Waals surface area (Å²) in [6.07, 6.45) is 7.98. The molecule has 0 aromatic carbocycles. The number of aromatic nitrogens is 2. The quantitative estimate of drug-likeness (QED) is 0.539. The molecule has 2 aromatic rings. The molecule has 5 rings (SSSR count). The largest absolute Gasteiger partial charge is 0.438 e. The maximum atomic E-state index is 12.6. The number of amides is 3. The molecule has 2 aromatic heterocycles. The van der Waals surface area contributed by atoms with Gasteiger partial charge >= 0.3 is 6.09 Å². The lowest BCUT2D eigenvalue weighted by molar-refractivity contribution is -0.135. The van der Waals surface area contributed by atoms with Gasteiger partial charge in [0.05, 0.1) is 6.04 Å². The molecule has 3 amide bonds. The van der Waals surface area contributed by atoms with E-state index in [-0.39, 0.29) is 48.1 Å². The van der Waals surface area contributed by atoms with E-state index in [0.717, 1.165) is 57.4 Å². The molecule has 3 aliphatic heterocycles. The molecule has 0 bridgehead atoms. The van der Waals surface area contributed by atoms with Crippen LogP contribution in [0.2, 0.25) is 0 Å². The van der Waals surface area contributed by atoms with Gasteiger partial charge in [0.25, 0.3) is 5.56 Å². The summed E-state index contributed by atoms with van der Waals surface area (Å²) in [6, 6.07) is 5.80. The number of hydrogen-bond acceptors (Lipinski definition) is 7. The van der Waals surface area contributed by atoms with Crippen molar-refractivity contribution in [2.45, 2.75) is 56.7 Å². The summed E-state index contributed by atoms with van der Waals surface area (Å²) in [5, 5.41) is 0. The number of nitrogens with two attached hydrogens (primary N) is 1. The van der Waals surface area contributed by atoms with Crippen molar-refractivity contribution in [1.29, 1.82) is 0 Å². The van der Waals surface area contributed by atoms with E-state index in [9.17, 15) is 19.2 Å². The number of likely N-dealkylation sites (tertiary alicyclic amines) is 2. The van der Waals surface area contributed by atoms with Crippen molar-refractivity contribution in [1.82, 2.24) is 24.7 Å². The first-order valence-corrected chi connectivity index (χ1v) is 13.1. The van der Waals surface area contributed by atoms with Crippen LogP contribution in [0.25, 0.3) is 0 Å². The zero-order valence-electron chi connectivity index (χ0n) is 22.7. The van der Waals surface area contributed by atoms with E-state index >= 15 is 0 Å². The number of ether oxygens (including phenoxy) is 1. The number of hydrogen-bond donors (Lipinski definition) is 2. The van der Waals surface area contributed by atoms with Gasteiger partial charge in [0, 0.05) is 63.3 Å². The van der Waals surface area contributed by atoms with E-state index in [2.05, 4.69) is 9.97 Å². The summed E-state index contributed by atoms with van der Waals surface area (Å²) in [4.78, 5) is 59.8. The first-order valence-electron chi connectivity index (χ1n) is 13.1. The SMILES string of the molecule is CN1C(=O)O[C@@H](c2ccncc2)[C@@H]1C(=O)N1CCCC1.C[C@@H](c1ccc[nH]c1=O)[C@@H](N)C(=O)N1CCCC1.Cl.Cl. The van der Waals surface area contributed by atoms with Gasteiger partial charge in [-0.15, -0.1) is 24.8 Å². The van der Waals surface area contributed by atoms with E-state index in [4.69, 9.17) is 10.5 Å². The van der Waals surface area contributed by atoms with Gasteiger partial charge in [-0.3, -0.25) is 24.3 Å². The molecule has 40 heavy (non-hydrogen) atoms. The highest BCUT2D eigenvalue weighted by Gasteiger charge is 2.46. The van der Waals surface area contributed by atoms with Crippen molar-refractivity contribution >= 4 is 42.7 Å². The Kier molecular flexibility index (Phi) is 12.4. The Morgan fingerprint density at radius 1 is 1.00 bits per heavy atom. The van der Waals surface area contributed by atoms with Crippen LogP contribution < -0.4 is 11.3 Å². The Balaban J connectivity index is 0.000000268. The molecule has 3 saturated heterocycles. The van der Waals surface area contributed by atoms with E-state index in [1.165, 1.54) is 4.90 Å². The zero-order valence-corrected chi connectivity index (χ0v) is 24.4. The van der Waals surface area contributed by atoms with Gasteiger partial charge in [0.1, 0.15) is 0 Å². The fourth-order valence-electron chi connectivity index (χ4n) is 5.14. The highest BCUT2D eigenvalue weighted by molar-refractivity contribution is 5.89. The van der Waals surface area contributed by atoms with Crippen LogP contribution >= 0.6 is 24.8 Å². The van der Waals surface area contributed by atoms with Gasteiger partial charge in [-0.2, -0.15) is 0 Å². The maximum Gasteiger partial charge on any atom is 0.411 e. The summed E-state index contributed by atoms with van der Waals surface area (Å²) in [5.74, 6) is -0.357. The van der Waals surface area contributed by atoms with Crippen molar-refractivity contribution in [2.75, 3.05) is 33.2 Å². The van der Waals surface area contributed by atoms with Crippen molar-refractivity contribution in [3.63, 3.8) is 0 Å². The molecule has 0 unspecified atom stereocenters. The first-order chi connectivity index (χ1) is 18.3. The fourth-order valence-corrected chi connectivity index (χ4v) is 5.14. The second kappa shape index (κ2) is 15.0. The minimum absolute atomic E-state index is 0. The van der Waals surface area contributed by atoms with Crippen molar-refractivity contribution in [3.8, 4) is 0 Å². The fraction of sp³-hybridized carbons (Fsp3) is 0.519. The van der Waals surface area contributed by atoms with Crippen molar-refractivity contribution in [2.24, 2.45) is 5.73 Å². The number of nitrogens with zero attached hydrogens (tertiary/aromatic N) is 4. The minimum atomic E-state index is -0.647. The predicted molar refractivity (Wildman–Crippen MR) is 155 cm³/mol. The Bertz CT molecular complexity index is 1190. The molecule has 0 spiro atoms. The molecule has 3 fully saturated rings. The van der Waals surface area contributed by atoms with E-state index in [1.807, 2.05) is 11.8 Å². The first kappa shape index (κ1) is 33.1. The number of aromatic amines is 1. The number of rotatable bonds is 5. The third kappa shape index (κ3) is 7.32. The number of likely N-dealkylation sites (N-methyl/N-ethyl adjacent to an activating group) is 1. The van der Waals surface area contributed by atoms with Crippen molar-refractivity contribution < 1.29 is 19.1 Å². The molecule has 13 heteroatoms. The molecule has 4 atom stereocenters. The van der Waals surface area contributed by atoms with Crippen LogP contribution in [-0.2, 0) is 14.3 Å². The molecule has 3 aliphatic rings. The number of H-pyrrole nitrogens is 1. The Morgan fingerprint density at radius 2 is 1.57 bits per heavy atom. The van der Waals surface area contributed by atoms with Crippen LogP contribution in [-0.4, -0.2) is 87.9 Å². The molecule has 0 radical (unpaired) electrons. The van der Waals surface area contributed by atoms with Crippen LogP contribution in [0.5, 0.6) is 0 Å². The van der Waals surface area contributed by atoms with Crippen LogP contribution in [0.1, 0.15) is 55.8 Å². The highest BCUT2D eigenvalue weighted by atomic mass is 35.5. The normalized spacial score (nSPS) is 21.4. The third-order valence-corrected chi connectivity index (χ3v) is 7.51. The number of carbonyl (C=O) groups is 3. The number of halogens is 2. The highest BCUT2D eigenvalue weighted by Crippen LogP contribution is 2.33. The zero-order chi connectivity index (χ0) is 27.2. The molecule has 5 heterocycles. The molecule has 0 aliphatic carbocycles. The summed E-state index contributed by atoms with van der Waals surface area (Å²) in [6.45, 7) is 4.92. The molecule has 0 saturated carbocycles. The second-order valence-corrected chi connectivity index (χ2v) is 9.97. The second-order valence-electron chi connectivity index (χ2n) is 9.97. The molecular formula is C27H38Cl2N6O5. The number of pyridine rings is 2. The van der Waals surface area contributed by atoms with Gasteiger partial charge < -0.3 is 25.3 Å². The average molecular weight is 598 g/mol. The Hall–Kier alpha value is -3.15. The lowest BCUT2D eigenvalue weighted by Crippen LogP contribution is -2.46. The minimum Gasteiger partial charge on any atom is -0.438 e. The molecule has 220 valence electrons. The van der Waals surface area contributed by atoms with Gasteiger partial charge in [0.15, 0.2) is 12.1 Å². The van der Waals surface area contributed by atoms with Crippen molar-refractivity contribution in [3.05, 3.63) is 64.3 Å². The smallest absolute Gasteiger partial charge is 0.411 e. The lowest BCUT2D eigenvalue weighted by atomic mass is 9.94. The lowest BCUT2D eigenvalue weighted by Gasteiger charge is -2.25. The molecule has 11 nitrogen and oxygen atoms in total. The number of cyclic esters (lactones) is 1. The summed E-state index contributed by atoms with van der Waals surface area (Å²) < 4.78 is 5.36. The van der Waals surface area contributed by atoms with Crippen LogP contribution in [0, 0.1) is 0 Å². The number of carbonyl (C=O) groups excluding carboxylic acids is 3. The Morgan fingerprint density at radius 3 is 2.15 bits per heavy atom. The molecule has 3 N–H and O–H groups in total. The topological polar surface area (TPSA) is 142 Å². The predicted octanol–water partition coefficient (Wildman–Crippen LogP) is 2.47. The third-order valence-electron chi connectivity index (χ3n) is 7.51. The number of nitrogens with one attached hydrogen (secondary N) is 1. The Labute approximate surface area is 246 Å².